The predicted molar refractivity (Wildman–Crippen MR) is 155 cm³/mol. The number of benzene rings is 2. The second-order valence-electron chi connectivity index (χ2n) is 10.4. The number of sulfonamides is 1. The number of nitrogens with zero attached hydrogens (tertiary/aromatic N) is 5. The molecule has 43 heavy (non-hydrogen) atoms. The van der Waals surface area contributed by atoms with Crippen molar-refractivity contribution in [3.63, 3.8) is 0 Å². The zero-order valence-electron chi connectivity index (χ0n) is 22.8. The standard InChI is InChI=1S/C28H27F3N8O3S/c1-38-25-20(18-11-35-39(13-18)28(15-32)8-9-28)12-34-26(33)23(25)24(36-38)17-4-7-21(37-43(40,41)27(30)31)22(10-17)42-14-16-2-5-19(29)6-3-16/h2-7,10-13,27,37H,8-9,14-15,32H2,1H3,(H2,33,34). The molecule has 0 saturated heterocycles. The summed E-state index contributed by atoms with van der Waals surface area (Å²) in [6.07, 6.45) is 7.20. The van der Waals surface area contributed by atoms with Gasteiger partial charge in [0.15, 0.2) is 0 Å². The molecule has 15 heteroatoms. The molecule has 11 nitrogen and oxygen atoms in total. The highest BCUT2D eigenvalue weighted by Gasteiger charge is 2.44. The molecule has 1 saturated carbocycles. The third-order valence-corrected chi connectivity index (χ3v) is 8.50. The minimum atomic E-state index is -5.00. The molecule has 3 heterocycles. The van der Waals surface area contributed by atoms with E-state index in [0.29, 0.717) is 34.3 Å². The van der Waals surface area contributed by atoms with Gasteiger partial charge in [-0.2, -0.15) is 19.0 Å². The third kappa shape index (κ3) is 5.25. The first-order chi connectivity index (χ1) is 20.5. The van der Waals surface area contributed by atoms with E-state index in [1.54, 1.807) is 24.1 Å². The van der Waals surface area contributed by atoms with Crippen molar-refractivity contribution in [3.8, 4) is 28.1 Å². The summed E-state index contributed by atoms with van der Waals surface area (Å²) < 4.78 is 75.0. The number of pyridine rings is 1. The van der Waals surface area contributed by atoms with Crippen molar-refractivity contribution in [3.05, 3.63) is 72.4 Å². The number of aromatic nitrogens is 5. The summed E-state index contributed by atoms with van der Waals surface area (Å²) in [5.74, 6) is -3.95. The highest BCUT2D eigenvalue weighted by molar-refractivity contribution is 7.93. The lowest BCUT2D eigenvalue weighted by atomic mass is 10.0. The zero-order chi connectivity index (χ0) is 30.5. The number of rotatable bonds is 10. The molecular formula is C28H27F3N8O3S. The fourth-order valence-corrected chi connectivity index (χ4v) is 5.52. The number of halogens is 3. The molecule has 1 aliphatic carbocycles. The largest absolute Gasteiger partial charge is 0.487 e. The summed E-state index contributed by atoms with van der Waals surface area (Å²) in [5.41, 5.74) is 15.6. The van der Waals surface area contributed by atoms with E-state index < -0.39 is 21.6 Å². The molecule has 224 valence electrons. The van der Waals surface area contributed by atoms with Crippen LogP contribution in [0.2, 0.25) is 0 Å². The van der Waals surface area contributed by atoms with Crippen LogP contribution in [-0.2, 0) is 29.2 Å². The van der Waals surface area contributed by atoms with Gasteiger partial charge in [-0.3, -0.25) is 14.1 Å². The maximum atomic E-state index is 13.4. The van der Waals surface area contributed by atoms with Crippen LogP contribution in [0.1, 0.15) is 18.4 Å². The third-order valence-electron chi connectivity index (χ3n) is 7.53. The van der Waals surface area contributed by atoms with Crippen LogP contribution in [0.5, 0.6) is 5.75 Å². The Morgan fingerprint density at radius 2 is 1.86 bits per heavy atom. The summed E-state index contributed by atoms with van der Waals surface area (Å²) in [6.45, 7) is 0.382. The molecule has 6 rings (SSSR count). The van der Waals surface area contributed by atoms with E-state index >= 15 is 0 Å². The minimum Gasteiger partial charge on any atom is -0.487 e. The Morgan fingerprint density at radius 1 is 1.12 bits per heavy atom. The van der Waals surface area contributed by atoms with Crippen molar-refractivity contribution in [2.75, 3.05) is 17.0 Å². The van der Waals surface area contributed by atoms with Gasteiger partial charge in [0, 0.05) is 42.7 Å². The van der Waals surface area contributed by atoms with E-state index in [9.17, 15) is 21.6 Å². The molecule has 1 fully saturated rings. The highest BCUT2D eigenvalue weighted by Crippen LogP contribution is 2.44. The summed E-state index contributed by atoms with van der Waals surface area (Å²) >= 11 is 0. The Kier molecular flexibility index (Phi) is 7.01. The Bertz CT molecular complexity index is 1940. The van der Waals surface area contributed by atoms with Gasteiger partial charge >= 0.3 is 5.76 Å². The highest BCUT2D eigenvalue weighted by atomic mass is 32.2. The summed E-state index contributed by atoms with van der Waals surface area (Å²) in [5, 5.41) is 9.75. The Balaban J connectivity index is 1.43. The van der Waals surface area contributed by atoms with E-state index in [4.69, 9.17) is 16.2 Å². The normalized spacial score (nSPS) is 14.4. The number of hydrogen-bond acceptors (Lipinski definition) is 8. The van der Waals surface area contributed by atoms with Crippen LogP contribution in [0.4, 0.5) is 24.7 Å². The van der Waals surface area contributed by atoms with Crippen LogP contribution in [0, 0.1) is 5.82 Å². The first-order valence-corrected chi connectivity index (χ1v) is 14.7. The number of anilines is 2. The number of nitrogens with one attached hydrogen (secondary N) is 1. The van der Waals surface area contributed by atoms with Gasteiger partial charge in [0.1, 0.15) is 29.7 Å². The molecular weight excluding hydrogens is 585 g/mol. The van der Waals surface area contributed by atoms with Crippen LogP contribution in [0.15, 0.2) is 61.1 Å². The monoisotopic (exact) mass is 612 g/mol. The van der Waals surface area contributed by atoms with Gasteiger partial charge in [-0.05, 0) is 42.7 Å². The topological polar surface area (TPSA) is 156 Å². The smallest absolute Gasteiger partial charge is 0.355 e. The van der Waals surface area contributed by atoms with Gasteiger partial charge in [-0.25, -0.2) is 17.8 Å². The summed E-state index contributed by atoms with van der Waals surface area (Å²) in [4.78, 5) is 4.41. The number of alkyl halides is 2. The van der Waals surface area contributed by atoms with E-state index in [1.165, 1.54) is 42.5 Å². The number of nitrogen functional groups attached to an aromatic ring is 1. The van der Waals surface area contributed by atoms with E-state index in [-0.39, 0.29) is 29.4 Å². The average molecular weight is 613 g/mol. The number of hydrogen-bond donors (Lipinski definition) is 3. The summed E-state index contributed by atoms with van der Waals surface area (Å²) in [7, 11) is -3.25. The van der Waals surface area contributed by atoms with Crippen LogP contribution in [0.3, 0.4) is 0 Å². The molecule has 5 aromatic rings. The van der Waals surface area contributed by atoms with E-state index in [0.717, 1.165) is 24.0 Å². The molecule has 0 unspecified atom stereocenters. The molecule has 0 amide bonds. The van der Waals surface area contributed by atoms with Crippen molar-refractivity contribution in [1.82, 2.24) is 24.5 Å². The second-order valence-corrected chi connectivity index (χ2v) is 12.0. The van der Waals surface area contributed by atoms with Gasteiger partial charge in [0.05, 0.1) is 28.3 Å². The lowest BCUT2D eigenvalue weighted by Crippen LogP contribution is -2.27. The Hall–Kier alpha value is -4.63. The van der Waals surface area contributed by atoms with Gasteiger partial charge < -0.3 is 16.2 Å². The first kappa shape index (κ1) is 28.5. The van der Waals surface area contributed by atoms with Crippen LogP contribution in [-0.4, -0.2) is 45.3 Å². The summed E-state index contributed by atoms with van der Waals surface area (Å²) in [6, 6.07) is 9.75. The lowest BCUT2D eigenvalue weighted by Gasteiger charge is -2.15. The van der Waals surface area contributed by atoms with Gasteiger partial charge in [0.2, 0.25) is 0 Å². The molecule has 0 atom stereocenters. The molecule has 3 aromatic heterocycles. The van der Waals surface area contributed by atoms with E-state index in [2.05, 4.69) is 15.2 Å². The second kappa shape index (κ2) is 10.6. The van der Waals surface area contributed by atoms with Crippen molar-refractivity contribution in [2.24, 2.45) is 12.8 Å². The Labute approximate surface area is 244 Å². The molecule has 2 aromatic carbocycles. The maximum absolute atomic E-state index is 13.4. The van der Waals surface area contributed by atoms with Crippen LogP contribution >= 0.6 is 0 Å². The lowest BCUT2D eigenvalue weighted by molar-refractivity contribution is 0.236. The van der Waals surface area contributed by atoms with Crippen molar-refractivity contribution >= 4 is 32.4 Å². The van der Waals surface area contributed by atoms with E-state index in [1.807, 2.05) is 15.6 Å². The van der Waals surface area contributed by atoms with Crippen molar-refractivity contribution in [2.45, 2.75) is 30.7 Å². The SMILES string of the molecule is Cn1nc(-c2ccc(NS(=O)(=O)C(F)F)c(OCc3ccc(F)cc3)c2)c2c(N)ncc(-c3cnn(C4(CN)CC4)c3)c21. The van der Waals surface area contributed by atoms with Gasteiger partial charge in [0.25, 0.3) is 10.0 Å². The minimum absolute atomic E-state index is 0.0506. The van der Waals surface area contributed by atoms with Gasteiger partial charge in [-0.1, -0.05) is 18.2 Å². The zero-order valence-corrected chi connectivity index (χ0v) is 23.7. The number of ether oxygens (including phenoxy) is 1. The average Bonchev–Trinajstić information content (AvgIpc) is 3.48. The molecule has 0 radical (unpaired) electrons. The van der Waals surface area contributed by atoms with Crippen LogP contribution in [0.25, 0.3) is 33.3 Å². The van der Waals surface area contributed by atoms with Crippen molar-refractivity contribution < 1.29 is 26.3 Å². The number of aryl methyl sites for hydroxylation is 1. The first-order valence-electron chi connectivity index (χ1n) is 13.2. The fourth-order valence-electron chi connectivity index (χ4n) is 4.95. The molecule has 1 aliphatic rings. The number of nitrogens with two attached hydrogens (primary N) is 2. The maximum Gasteiger partial charge on any atom is 0.355 e. The molecule has 5 N–H and O–H groups in total. The number of fused-ring (bicyclic) bond motifs is 1. The van der Waals surface area contributed by atoms with Crippen LogP contribution < -0.4 is 20.9 Å². The molecule has 0 aliphatic heterocycles. The Morgan fingerprint density at radius 3 is 2.53 bits per heavy atom. The molecule has 0 spiro atoms. The fraction of sp³-hybridized carbons (Fsp3) is 0.250. The predicted octanol–water partition coefficient (Wildman–Crippen LogP) is 4.21. The van der Waals surface area contributed by atoms with Crippen molar-refractivity contribution in [1.29, 1.82) is 0 Å². The molecule has 0 bridgehead atoms. The van der Waals surface area contributed by atoms with Gasteiger partial charge in [-0.15, -0.1) is 0 Å². The quantitative estimate of drug-likeness (QED) is 0.212.